The zero-order chi connectivity index (χ0) is 9.42. The predicted octanol–water partition coefficient (Wildman–Crippen LogP) is 2.49. The molecule has 4 heteroatoms. The van der Waals surface area contributed by atoms with Crippen LogP contribution in [0.1, 0.15) is 6.92 Å². The molecule has 0 unspecified atom stereocenters. The topological polar surface area (TPSA) is 45.4 Å². The lowest BCUT2D eigenvalue weighted by Gasteiger charge is -2.02. The second-order valence-electron chi connectivity index (χ2n) is 3.00. The van der Waals surface area contributed by atoms with Crippen LogP contribution in [0.4, 0.5) is 0 Å². The van der Waals surface area contributed by atoms with Gasteiger partial charge in [0.05, 0.1) is 5.52 Å². The summed E-state index contributed by atoms with van der Waals surface area (Å²) in [5.74, 6) is -0.137. The molecule has 76 valence electrons. The average molecular weight is 214 g/mol. The zero-order valence-electron chi connectivity index (χ0n) is 7.77. The van der Waals surface area contributed by atoms with Gasteiger partial charge in [0.2, 0.25) is 0 Å². The number of nitrogens with zero attached hydrogens (tertiary/aromatic N) is 1. The van der Waals surface area contributed by atoms with Gasteiger partial charge in [-0.25, -0.2) is 0 Å². The van der Waals surface area contributed by atoms with E-state index in [-0.39, 0.29) is 23.9 Å². The quantitative estimate of drug-likeness (QED) is 0.715. The van der Waals surface area contributed by atoms with Crippen LogP contribution in [0.2, 0.25) is 0 Å². The molecule has 3 nitrogen and oxygen atoms in total. The van der Waals surface area contributed by atoms with Crippen molar-refractivity contribution in [3.05, 3.63) is 24.4 Å². The first-order valence-corrected chi connectivity index (χ1v) is 4.23. The number of rotatable bonds is 1. The maximum Gasteiger partial charge on any atom is 0.159 e. The van der Waals surface area contributed by atoms with Crippen LogP contribution in [0.5, 0.6) is 11.5 Å². The molecule has 0 radical (unpaired) electrons. The largest absolute Gasteiger partial charge is 0.504 e. The molecule has 0 spiro atoms. The maximum atomic E-state index is 9.29. The van der Waals surface area contributed by atoms with Gasteiger partial charge in [0.25, 0.3) is 0 Å². The Morgan fingerprint density at radius 2 is 1.86 bits per heavy atom. The minimum atomic E-state index is -0.0686. The molecule has 0 saturated carbocycles. The van der Waals surface area contributed by atoms with Gasteiger partial charge in [0, 0.05) is 24.2 Å². The van der Waals surface area contributed by atoms with E-state index in [4.69, 9.17) is 0 Å². The molecule has 0 bridgehead atoms. The number of phenols is 2. The van der Waals surface area contributed by atoms with E-state index in [0.717, 1.165) is 17.4 Å². The minimum Gasteiger partial charge on any atom is -0.504 e. The van der Waals surface area contributed by atoms with E-state index in [9.17, 15) is 10.2 Å². The Hall–Kier alpha value is -1.35. The highest BCUT2D eigenvalue weighted by atomic mass is 35.5. The summed E-state index contributed by atoms with van der Waals surface area (Å²) in [5, 5.41) is 19.5. The zero-order valence-corrected chi connectivity index (χ0v) is 8.58. The first-order valence-electron chi connectivity index (χ1n) is 4.23. The van der Waals surface area contributed by atoms with Gasteiger partial charge < -0.3 is 14.8 Å². The molecule has 1 aromatic heterocycles. The molecule has 0 amide bonds. The highest BCUT2D eigenvalue weighted by Crippen LogP contribution is 2.30. The summed E-state index contributed by atoms with van der Waals surface area (Å²) in [5.41, 5.74) is 0.942. The van der Waals surface area contributed by atoms with Crippen molar-refractivity contribution in [2.45, 2.75) is 13.5 Å². The number of aromatic nitrogens is 1. The lowest BCUT2D eigenvalue weighted by Crippen LogP contribution is -1.89. The molecule has 14 heavy (non-hydrogen) atoms. The third-order valence-corrected chi connectivity index (χ3v) is 2.21. The molecule has 2 rings (SSSR count). The summed E-state index contributed by atoms with van der Waals surface area (Å²) in [4.78, 5) is 0. The van der Waals surface area contributed by atoms with Gasteiger partial charge in [-0.05, 0) is 19.1 Å². The molecule has 2 aromatic rings. The van der Waals surface area contributed by atoms with Gasteiger partial charge in [-0.2, -0.15) is 0 Å². The van der Waals surface area contributed by atoms with Crippen molar-refractivity contribution in [1.82, 2.24) is 4.57 Å². The first-order chi connectivity index (χ1) is 6.22. The molecule has 0 aliphatic rings. The number of fused-ring (bicyclic) bond motifs is 1. The molecular weight excluding hydrogens is 202 g/mol. The number of aryl methyl sites for hydroxylation is 1. The molecule has 0 aliphatic carbocycles. The third kappa shape index (κ3) is 1.51. The van der Waals surface area contributed by atoms with E-state index >= 15 is 0 Å². The standard InChI is InChI=1S/C10H11NO2.ClH/c1-2-11-4-3-7-5-9(12)10(13)6-8(7)11;/h3-6,12-13H,2H2,1H3;1H. The van der Waals surface area contributed by atoms with Crippen molar-refractivity contribution in [2.75, 3.05) is 0 Å². The van der Waals surface area contributed by atoms with E-state index in [0.29, 0.717) is 0 Å². The number of hydrogen-bond acceptors (Lipinski definition) is 2. The summed E-state index contributed by atoms with van der Waals surface area (Å²) in [6.45, 7) is 2.89. The highest BCUT2D eigenvalue weighted by molar-refractivity contribution is 5.85. The number of phenolic OH excluding ortho intramolecular Hbond substituents is 2. The normalized spacial score (nSPS) is 10.1. The van der Waals surface area contributed by atoms with Crippen LogP contribution in [-0.4, -0.2) is 14.8 Å². The Kier molecular flexibility index (Phi) is 2.91. The first kappa shape index (κ1) is 10.7. The number of hydrogen-bond donors (Lipinski definition) is 2. The van der Waals surface area contributed by atoms with Crippen LogP contribution >= 0.6 is 12.4 Å². The van der Waals surface area contributed by atoms with E-state index in [1.807, 2.05) is 23.8 Å². The van der Waals surface area contributed by atoms with Crippen LogP contribution in [0.15, 0.2) is 24.4 Å². The molecule has 2 N–H and O–H groups in total. The average Bonchev–Trinajstić information content (AvgIpc) is 2.48. The van der Waals surface area contributed by atoms with Crippen LogP contribution in [0, 0.1) is 0 Å². The molecular formula is C10H12ClNO2. The summed E-state index contributed by atoms with van der Waals surface area (Å²) in [6.07, 6.45) is 1.93. The lowest BCUT2D eigenvalue weighted by molar-refractivity contribution is 0.404. The van der Waals surface area contributed by atoms with Gasteiger partial charge in [-0.1, -0.05) is 0 Å². The van der Waals surface area contributed by atoms with E-state index in [2.05, 4.69) is 0 Å². The summed E-state index contributed by atoms with van der Waals surface area (Å²) < 4.78 is 2.01. The molecule has 1 heterocycles. The molecule has 0 fully saturated rings. The molecule has 0 saturated heterocycles. The smallest absolute Gasteiger partial charge is 0.159 e. The second kappa shape index (κ2) is 3.80. The van der Waals surface area contributed by atoms with Crippen molar-refractivity contribution in [3.8, 4) is 11.5 Å². The Bertz CT molecular complexity index is 451. The van der Waals surface area contributed by atoms with Gasteiger partial charge in [-0.3, -0.25) is 0 Å². The Morgan fingerprint density at radius 3 is 2.50 bits per heavy atom. The fourth-order valence-corrected chi connectivity index (χ4v) is 1.49. The van der Waals surface area contributed by atoms with Gasteiger partial charge in [0.1, 0.15) is 0 Å². The predicted molar refractivity (Wildman–Crippen MR) is 58.2 cm³/mol. The number of benzene rings is 1. The van der Waals surface area contributed by atoms with E-state index in [1.54, 1.807) is 12.1 Å². The Labute approximate surface area is 88.0 Å². The summed E-state index contributed by atoms with van der Waals surface area (Å²) in [6, 6.07) is 5.06. The molecule has 0 aliphatic heterocycles. The van der Waals surface area contributed by atoms with Crippen molar-refractivity contribution >= 4 is 23.3 Å². The summed E-state index contributed by atoms with van der Waals surface area (Å²) >= 11 is 0. The Balaban J connectivity index is 0.000000980. The van der Waals surface area contributed by atoms with Crippen LogP contribution in [-0.2, 0) is 6.54 Å². The monoisotopic (exact) mass is 213 g/mol. The van der Waals surface area contributed by atoms with Crippen LogP contribution < -0.4 is 0 Å². The fourth-order valence-electron chi connectivity index (χ4n) is 1.49. The minimum absolute atomic E-state index is 0. The molecule has 0 atom stereocenters. The lowest BCUT2D eigenvalue weighted by atomic mass is 10.2. The maximum absolute atomic E-state index is 9.29. The number of aromatic hydroxyl groups is 2. The third-order valence-electron chi connectivity index (χ3n) is 2.21. The van der Waals surface area contributed by atoms with Crippen molar-refractivity contribution < 1.29 is 10.2 Å². The van der Waals surface area contributed by atoms with E-state index in [1.165, 1.54) is 0 Å². The second-order valence-corrected chi connectivity index (χ2v) is 3.00. The SMILES string of the molecule is CCn1ccc2cc(O)c(O)cc21.Cl. The number of halogens is 1. The van der Waals surface area contributed by atoms with Gasteiger partial charge in [0.15, 0.2) is 11.5 Å². The Morgan fingerprint density at radius 1 is 1.21 bits per heavy atom. The van der Waals surface area contributed by atoms with Crippen LogP contribution in [0.25, 0.3) is 10.9 Å². The molecule has 1 aromatic carbocycles. The highest BCUT2D eigenvalue weighted by Gasteiger charge is 2.04. The van der Waals surface area contributed by atoms with Crippen molar-refractivity contribution in [2.24, 2.45) is 0 Å². The van der Waals surface area contributed by atoms with E-state index < -0.39 is 0 Å². The van der Waals surface area contributed by atoms with Crippen LogP contribution in [0.3, 0.4) is 0 Å². The summed E-state index contributed by atoms with van der Waals surface area (Å²) in [7, 11) is 0. The fraction of sp³-hybridized carbons (Fsp3) is 0.200. The van der Waals surface area contributed by atoms with Crippen molar-refractivity contribution in [1.29, 1.82) is 0 Å². The van der Waals surface area contributed by atoms with Crippen molar-refractivity contribution in [3.63, 3.8) is 0 Å². The van der Waals surface area contributed by atoms with Gasteiger partial charge in [-0.15, -0.1) is 12.4 Å². The van der Waals surface area contributed by atoms with Gasteiger partial charge >= 0.3 is 0 Å².